The molecule has 1 heteroatoms. The van der Waals surface area contributed by atoms with E-state index in [1.165, 1.54) is 55.2 Å². The summed E-state index contributed by atoms with van der Waals surface area (Å²) in [6.45, 7) is 4.35. The first-order valence-electron chi connectivity index (χ1n) is 12.1. The Bertz CT molecular complexity index is 1680. The molecule has 0 saturated carbocycles. The van der Waals surface area contributed by atoms with Crippen molar-refractivity contribution in [2.75, 3.05) is 4.90 Å². The van der Waals surface area contributed by atoms with Gasteiger partial charge in [0, 0.05) is 16.9 Å². The summed E-state index contributed by atoms with van der Waals surface area (Å²) in [7, 11) is 0. The van der Waals surface area contributed by atoms with Crippen molar-refractivity contribution in [3.63, 3.8) is 0 Å². The molecule has 6 aromatic rings. The maximum absolute atomic E-state index is 2.42. The van der Waals surface area contributed by atoms with Gasteiger partial charge < -0.3 is 4.90 Å². The van der Waals surface area contributed by atoms with Crippen LogP contribution in [0, 0.1) is 13.8 Å². The van der Waals surface area contributed by atoms with Crippen molar-refractivity contribution < 1.29 is 0 Å². The van der Waals surface area contributed by atoms with Crippen LogP contribution >= 0.6 is 0 Å². The zero-order valence-electron chi connectivity index (χ0n) is 20.1. The normalized spacial score (nSPS) is 11.1. The predicted octanol–water partition coefficient (Wildman–Crippen LogP) is 9.75. The third-order valence-corrected chi connectivity index (χ3v) is 6.80. The Balaban J connectivity index is 1.70. The van der Waals surface area contributed by atoms with Gasteiger partial charge in [0.15, 0.2) is 0 Å². The Morgan fingerprint density at radius 1 is 0.486 bits per heavy atom. The highest BCUT2D eigenvalue weighted by molar-refractivity contribution is 6.06. The molecule has 0 atom stereocenters. The van der Waals surface area contributed by atoms with Crippen LogP contribution in [-0.2, 0) is 0 Å². The van der Waals surface area contributed by atoms with Gasteiger partial charge in [-0.25, -0.2) is 0 Å². The maximum Gasteiger partial charge on any atom is 0.0546 e. The van der Waals surface area contributed by atoms with Crippen molar-refractivity contribution >= 4 is 38.6 Å². The molecule has 6 rings (SSSR count). The van der Waals surface area contributed by atoms with Crippen LogP contribution in [0.3, 0.4) is 0 Å². The fourth-order valence-electron chi connectivity index (χ4n) is 5.08. The van der Waals surface area contributed by atoms with Crippen molar-refractivity contribution in [3.8, 4) is 11.1 Å². The average Bonchev–Trinajstić information content (AvgIpc) is 2.89. The molecule has 168 valence electrons. The van der Waals surface area contributed by atoms with Gasteiger partial charge in [0.2, 0.25) is 0 Å². The molecule has 0 radical (unpaired) electrons. The number of fused-ring (bicyclic) bond motifs is 2. The topological polar surface area (TPSA) is 3.24 Å². The minimum atomic E-state index is 1.16. The number of anilines is 3. The average molecular weight is 450 g/mol. The minimum Gasteiger partial charge on any atom is -0.310 e. The Kier molecular flexibility index (Phi) is 5.31. The summed E-state index contributed by atoms with van der Waals surface area (Å²) in [5.41, 5.74) is 8.49. The Morgan fingerprint density at radius 2 is 1.20 bits per heavy atom. The molecule has 0 heterocycles. The number of nitrogens with zero attached hydrogens (tertiary/aromatic N) is 1. The number of rotatable bonds is 4. The second kappa shape index (κ2) is 8.77. The second-order valence-electron chi connectivity index (χ2n) is 9.20. The number of hydrogen-bond acceptors (Lipinski definition) is 1. The lowest BCUT2D eigenvalue weighted by Gasteiger charge is -2.30. The van der Waals surface area contributed by atoms with E-state index in [-0.39, 0.29) is 0 Å². The number of hydrogen-bond donors (Lipinski definition) is 0. The van der Waals surface area contributed by atoms with Crippen molar-refractivity contribution in [1.29, 1.82) is 0 Å². The van der Waals surface area contributed by atoms with Gasteiger partial charge in [0.05, 0.1) is 5.69 Å². The molecule has 0 bridgehead atoms. The molecule has 0 aliphatic carbocycles. The van der Waals surface area contributed by atoms with Crippen LogP contribution in [0.2, 0.25) is 0 Å². The van der Waals surface area contributed by atoms with E-state index in [0.29, 0.717) is 0 Å². The quantitative estimate of drug-likeness (QED) is 0.259. The monoisotopic (exact) mass is 449 g/mol. The molecule has 0 fully saturated rings. The van der Waals surface area contributed by atoms with Crippen LogP contribution in [0.1, 0.15) is 11.1 Å². The van der Waals surface area contributed by atoms with Gasteiger partial charge in [-0.15, -0.1) is 0 Å². The summed E-state index contributed by atoms with van der Waals surface area (Å²) in [6.07, 6.45) is 0. The third kappa shape index (κ3) is 3.86. The molecule has 0 saturated heterocycles. The maximum atomic E-state index is 2.42. The fourth-order valence-corrected chi connectivity index (χ4v) is 5.08. The van der Waals surface area contributed by atoms with E-state index in [9.17, 15) is 0 Å². The van der Waals surface area contributed by atoms with E-state index in [2.05, 4.69) is 146 Å². The molecule has 0 aliphatic rings. The molecule has 1 nitrogen and oxygen atoms in total. The van der Waals surface area contributed by atoms with Crippen molar-refractivity contribution in [2.45, 2.75) is 13.8 Å². The highest BCUT2D eigenvalue weighted by Gasteiger charge is 2.20. The highest BCUT2D eigenvalue weighted by Crippen LogP contribution is 2.45. The molecule has 0 aromatic heterocycles. The van der Waals surface area contributed by atoms with Gasteiger partial charge in [-0.3, -0.25) is 0 Å². The van der Waals surface area contributed by atoms with Crippen LogP contribution in [-0.4, -0.2) is 0 Å². The van der Waals surface area contributed by atoms with E-state index in [4.69, 9.17) is 0 Å². The molecule has 35 heavy (non-hydrogen) atoms. The van der Waals surface area contributed by atoms with Crippen LogP contribution in [0.5, 0.6) is 0 Å². The zero-order chi connectivity index (χ0) is 23.8. The van der Waals surface area contributed by atoms with Gasteiger partial charge in [0.25, 0.3) is 0 Å². The lowest BCUT2D eigenvalue weighted by molar-refractivity contribution is 1.25. The van der Waals surface area contributed by atoms with E-state index in [0.717, 1.165) is 5.69 Å². The van der Waals surface area contributed by atoms with Gasteiger partial charge >= 0.3 is 0 Å². The SMILES string of the molecule is Cc1cccc(N(c2ccccc2C)c2ccc3ccccc3c2-c2ccc3ccccc3c2)c1. The van der Waals surface area contributed by atoms with Crippen LogP contribution in [0.4, 0.5) is 17.1 Å². The van der Waals surface area contributed by atoms with Crippen molar-refractivity contribution in [3.05, 3.63) is 139 Å². The summed E-state index contributed by atoms with van der Waals surface area (Å²) in [5.74, 6) is 0. The number of para-hydroxylation sites is 1. The minimum absolute atomic E-state index is 1.16. The van der Waals surface area contributed by atoms with Crippen LogP contribution in [0.25, 0.3) is 32.7 Å². The first-order valence-corrected chi connectivity index (χ1v) is 12.1. The molecule has 0 amide bonds. The highest BCUT2D eigenvalue weighted by atomic mass is 15.1. The van der Waals surface area contributed by atoms with Crippen LogP contribution in [0.15, 0.2) is 127 Å². The Hall–Kier alpha value is -4.36. The molecule has 6 aromatic carbocycles. The first kappa shape index (κ1) is 21.2. The standard InChI is InChI=1S/C34H27N/c1-24-10-9-15-30(22-24)35(32-17-8-3-11-25(32)2)33-21-20-27-13-6-7-16-31(27)34(33)29-19-18-26-12-4-5-14-28(26)23-29/h3-23H,1-2H3. The van der Waals surface area contributed by atoms with Crippen molar-refractivity contribution in [1.82, 2.24) is 0 Å². The van der Waals surface area contributed by atoms with Gasteiger partial charge in [0.1, 0.15) is 0 Å². The molecular weight excluding hydrogens is 422 g/mol. The summed E-state index contributed by atoms with van der Waals surface area (Å²) in [4.78, 5) is 2.42. The predicted molar refractivity (Wildman–Crippen MR) is 151 cm³/mol. The lowest BCUT2D eigenvalue weighted by Crippen LogP contribution is -2.13. The smallest absolute Gasteiger partial charge is 0.0546 e. The number of benzene rings is 6. The van der Waals surface area contributed by atoms with Gasteiger partial charge in [-0.2, -0.15) is 0 Å². The molecule has 0 spiro atoms. The largest absolute Gasteiger partial charge is 0.310 e. The fraction of sp³-hybridized carbons (Fsp3) is 0.0588. The van der Waals surface area contributed by atoms with E-state index < -0.39 is 0 Å². The lowest BCUT2D eigenvalue weighted by atomic mass is 9.93. The van der Waals surface area contributed by atoms with E-state index >= 15 is 0 Å². The van der Waals surface area contributed by atoms with Crippen LogP contribution < -0.4 is 4.90 Å². The molecule has 0 unspecified atom stereocenters. The first-order chi connectivity index (χ1) is 17.2. The molecule has 0 aliphatic heterocycles. The zero-order valence-corrected chi connectivity index (χ0v) is 20.1. The number of aryl methyl sites for hydroxylation is 2. The molecule has 0 N–H and O–H groups in total. The summed E-state index contributed by atoms with van der Waals surface area (Å²) in [6, 6.07) is 46.1. The second-order valence-corrected chi connectivity index (χ2v) is 9.20. The summed E-state index contributed by atoms with van der Waals surface area (Å²) in [5, 5.41) is 5.01. The van der Waals surface area contributed by atoms with E-state index in [1.807, 2.05) is 0 Å². The summed E-state index contributed by atoms with van der Waals surface area (Å²) >= 11 is 0. The van der Waals surface area contributed by atoms with E-state index in [1.54, 1.807) is 0 Å². The molecular formula is C34H27N. The Morgan fingerprint density at radius 3 is 2.03 bits per heavy atom. The Labute approximate surface area is 206 Å². The van der Waals surface area contributed by atoms with Gasteiger partial charge in [-0.05, 0) is 82.4 Å². The summed E-state index contributed by atoms with van der Waals surface area (Å²) < 4.78 is 0. The van der Waals surface area contributed by atoms with Gasteiger partial charge in [-0.1, -0.05) is 97.1 Å². The third-order valence-electron chi connectivity index (χ3n) is 6.80. The van der Waals surface area contributed by atoms with Crippen molar-refractivity contribution in [2.24, 2.45) is 0 Å².